The van der Waals surface area contributed by atoms with Crippen molar-refractivity contribution in [2.45, 2.75) is 24.0 Å². The van der Waals surface area contributed by atoms with Crippen molar-refractivity contribution < 1.29 is 19.7 Å². The summed E-state index contributed by atoms with van der Waals surface area (Å²) in [5.74, 6) is 0. The molecule has 0 amide bonds. The zero-order valence-electron chi connectivity index (χ0n) is 9.52. The Balaban J connectivity index is 2.04. The number of aromatic nitrogens is 1. The summed E-state index contributed by atoms with van der Waals surface area (Å²) in [5, 5.41) is 19.0. The molecule has 0 saturated carbocycles. The molecule has 3 rings (SSSR count). The van der Waals surface area contributed by atoms with Gasteiger partial charge in [-0.05, 0) is 6.07 Å². The molecule has 4 atom stereocenters. The zero-order valence-corrected chi connectivity index (χ0v) is 9.52. The van der Waals surface area contributed by atoms with E-state index in [1.54, 1.807) is 6.07 Å². The van der Waals surface area contributed by atoms with Crippen molar-refractivity contribution in [1.82, 2.24) is 4.57 Å². The number of nitrogens with two attached hydrogens (primary N) is 1. The minimum Gasteiger partial charge on any atom is -0.399 e. The molecule has 0 aromatic carbocycles. The number of anilines is 1. The molecule has 0 aliphatic carbocycles. The molecule has 1 aromatic rings. The van der Waals surface area contributed by atoms with Crippen molar-refractivity contribution in [2.75, 3.05) is 18.9 Å². The highest BCUT2D eigenvalue weighted by Gasteiger charge is 2.63. The fourth-order valence-electron chi connectivity index (χ4n) is 2.53. The molecule has 2 fully saturated rings. The second kappa shape index (κ2) is 3.79. The summed E-state index contributed by atoms with van der Waals surface area (Å²) in [6.45, 7) is -0.165. The summed E-state index contributed by atoms with van der Waals surface area (Å²) in [7, 11) is 0. The lowest BCUT2D eigenvalue weighted by atomic mass is 9.97. The number of nitrogen functional groups attached to an aromatic ring is 1. The second-order valence-electron chi connectivity index (χ2n) is 4.57. The van der Waals surface area contributed by atoms with E-state index in [9.17, 15) is 9.90 Å². The van der Waals surface area contributed by atoms with Crippen LogP contribution in [-0.4, -0.2) is 46.3 Å². The molecular formula is C11H14N2O5. The molecule has 1 aromatic heterocycles. The summed E-state index contributed by atoms with van der Waals surface area (Å²) in [6.07, 6.45) is -0.828. The average molecular weight is 254 g/mol. The van der Waals surface area contributed by atoms with Gasteiger partial charge in [-0.1, -0.05) is 0 Å². The van der Waals surface area contributed by atoms with E-state index in [0.29, 0.717) is 5.69 Å². The number of hydrogen-bond donors (Lipinski definition) is 3. The van der Waals surface area contributed by atoms with Crippen LogP contribution in [0.2, 0.25) is 0 Å². The molecule has 7 heteroatoms. The number of pyridine rings is 1. The summed E-state index contributed by atoms with van der Waals surface area (Å²) in [6, 6.07) is 2.86. The number of ether oxygens (including phenoxy) is 2. The van der Waals surface area contributed by atoms with E-state index < -0.39 is 24.0 Å². The Morgan fingerprint density at radius 1 is 1.61 bits per heavy atom. The van der Waals surface area contributed by atoms with E-state index in [4.69, 9.17) is 20.3 Å². The lowest BCUT2D eigenvalue weighted by Gasteiger charge is -2.44. The van der Waals surface area contributed by atoms with Crippen molar-refractivity contribution >= 4 is 5.69 Å². The van der Waals surface area contributed by atoms with Gasteiger partial charge >= 0.3 is 0 Å². The van der Waals surface area contributed by atoms with E-state index in [1.165, 1.54) is 16.8 Å². The molecule has 7 nitrogen and oxygen atoms in total. The van der Waals surface area contributed by atoms with Gasteiger partial charge in [0, 0.05) is 18.0 Å². The van der Waals surface area contributed by atoms with Crippen LogP contribution in [0.3, 0.4) is 0 Å². The van der Waals surface area contributed by atoms with Crippen molar-refractivity contribution in [3.8, 4) is 0 Å². The Morgan fingerprint density at radius 2 is 2.39 bits per heavy atom. The first kappa shape index (κ1) is 11.7. The third-order valence-corrected chi connectivity index (χ3v) is 3.49. The smallest absolute Gasteiger partial charge is 0.255 e. The van der Waals surface area contributed by atoms with E-state index in [1.807, 2.05) is 0 Å². The van der Waals surface area contributed by atoms with Crippen LogP contribution in [0.25, 0.3) is 0 Å². The predicted molar refractivity (Wildman–Crippen MR) is 60.8 cm³/mol. The van der Waals surface area contributed by atoms with Crippen LogP contribution in [0.15, 0.2) is 23.1 Å². The number of aliphatic hydroxyl groups is 2. The predicted octanol–water partition coefficient (Wildman–Crippen LogP) is -1.77. The minimum atomic E-state index is -1.03. The van der Waals surface area contributed by atoms with Gasteiger partial charge in [-0.2, -0.15) is 0 Å². The standard InChI is InChI=1S/C11H14N2O5/c12-6-1-2-13(8(15)3-6)11-5-17-10(11)9(16)7(4-14)18-11/h1-3,7,9-10,14,16H,4-5,12H2. The lowest BCUT2D eigenvalue weighted by Crippen LogP contribution is -2.62. The quantitative estimate of drug-likeness (QED) is 0.577. The van der Waals surface area contributed by atoms with Crippen molar-refractivity contribution in [3.05, 3.63) is 28.7 Å². The van der Waals surface area contributed by atoms with Crippen LogP contribution in [0.4, 0.5) is 5.69 Å². The van der Waals surface area contributed by atoms with Gasteiger partial charge in [-0.15, -0.1) is 0 Å². The van der Waals surface area contributed by atoms with Gasteiger partial charge in [0.25, 0.3) is 5.56 Å². The van der Waals surface area contributed by atoms with Gasteiger partial charge in [-0.25, -0.2) is 0 Å². The highest BCUT2D eigenvalue weighted by atomic mass is 16.7. The third-order valence-electron chi connectivity index (χ3n) is 3.49. The maximum Gasteiger partial charge on any atom is 0.255 e. The number of fused-ring (bicyclic) bond motifs is 1. The molecule has 2 saturated heterocycles. The Morgan fingerprint density at radius 3 is 2.94 bits per heavy atom. The number of nitrogens with zero attached hydrogens (tertiary/aromatic N) is 1. The molecule has 0 radical (unpaired) electrons. The Labute approximate surface area is 102 Å². The van der Waals surface area contributed by atoms with Crippen LogP contribution in [0, 0.1) is 0 Å². The second-order valence-corrected chi connectivity index (χ2v) is 4.57. The fourth-order valence-corrected chi connectivity index (χ4v) is 2.53. The molecular weight excluding hydrogens is 240 g/mol. The molecule has 98 valence electrons. The van der Waals surface area contributed by atoms with Gasteiger partial charge < -0.3 is 25.4 Å². The number of hydrogen-bond acceptors (Lipinski definition) is 6. The molecule has 2 aliphatic heterocycles. The Hall–Kier alpha value is -1.41. The molecule has 4 unspecified atom stereocenters. The van der Waals surface area contributed by atoms with Gasteiger partial charge in [0.05, 0.1) is 13.2 Å². The van der Waals surface area contributed by atoms with Crippen LogP contribution in [0.5, 0.6) is 0 Å². The average Bonchev–Trinajstić information content (AvgIpc) is 2.48. The summed E-state index contributed by atoms with van der Waals surface area (Å²) in [4.78, 5) is 11.9. The maximum atomic E-state index is 11.9. The molecule has 3 heterocycles. The molecule has 0 spiro atoms. The van der Waals surface area contributed by atoms with Crippen LogP contribution < -0.4 is 11.3 Å². The first-order valence-electron chi connectivity index (χ1n) is 5.65. The minimum absolute atomic E-state index is 0.162. The fraction of sp³-hybridized carbons (Fsp3) is 0.545. The monoisotopic (exact) mass is 254 g/mol. The van der Waals surface area contributed by atoms with Gasteiger partial charge in [-0.3, -0.25) is 9.36 Å². The Kier molecular flexibility index (Phi) is 2.46. The first-order valence-corrected chi connectivity index (χ1v) is 5.65. The van der Waals surface area contributed by atoms with E-state index in [0.717, 1.165) is 0 Å². The van der Waals surface area contributed by atoms with Crippen molar-refractivity contribution in [2.24, 2.45) is 0 Å². The molecule has 4 N–H and O–H groups in total. The summed E-state index contributed by atoms with van der Waals surface area (Å²) >= 11 is 0. The lowest BCUT2D eigenvalue weighted by molar-refractivity contribution is -0.278. The largest absolute Gasteiger partial charge is 0.399 e. The zero-order chi connectivity index (χ0) is 12.9. The SMILES string of the molecule is Nc1ccn(C23COC2C(O)C(CO)O3)c(=O)c1. The van der Waals surface area contributed by atoms with Crippen LogP contribution in [-0.2, 0) is 15.2 Å². The molecule has 18 heavy (non-hydrogen) atoms. The summed E-state index contributed by atoms with van der Waals surface area (Å²) < 4.78 is 12.2. The highest BCUT2D eigenvalue weighted by Crippen LogP contribution is 2.44. The van der Waals surface area contributed by atoms with E-state index >= 15 is 0 Å². The topological polar surface area (TPSA) is 107 Å². The first-order chi connectivity index (χ1) is 8.58. The number of rotatable bonds is 2. The van der Waals surface area contributed by atoms with Crippen LogP contribution in [0.1, 0.15) is 0 Å². The number of aliphatic hydroxyl groups excluding tert-OH is 2. The van der Waals surface area contributed by atoms with Crippen molar-refractivity contribution in [3.63, 3.8) is 0 Å². The third kappa shape index (κ3) is 1.36. The van der Waals surface area contributed by atoms with E-state index in [-0.39, 0.29) is 18.8 Å². The highest BCUT2D eigenvalue weighted by molar-refractivity contribution is 5.35. The molecule has 2 aliphatic rings. The maximum absolute atomic E-state index is 11.9. The van der Waals surface area contributed by atoms with Crippen LogP contribution >= 0.6 is 0 Å². The summed E-state index contributed by atoms with van der Waals surface area (Å²) in [5.41, 5.74) is 4.54. The Bertz CT molecular complexity index is 530. The van der Waals surface area contributed by atoms with Crippen molar-refractivity contribution in [1.29, 1.82) is 0 Å². The van der Waals surface area contributed by atoms with Gasteiger partial charge in [0.2, 0.25) is 0 Å². The van der Waals surface area contributed by atoms with Gasteiger partial charge in [0.15, 0.2) is 5.72 Å². The van der Waals surface area contributed by atoms with E-state index in [2.05, 4.69) is 0 Å². The van der Waals surface area contributed by atoms with Gasteiger partial charge in [0.1, 0.15) is 18.3 Å². The normalized spacial score (nSPS) is 38.2. The molecule has 0 bridgehead atoms.